The Balaban J connectivity index is 1.39. The number of likely N-dealkylation sites (tertiary alicyclic amines) is 1. The Labute approximate surface area is 185 Å². The maximum atomic E-state index is 12.8. The zero-order valence-electron chi connectivity index (χ0n) is 16.7. The fraction of sp³-hybridized carbons (Fsp3) is 0.318. The quantitative estimate of drug-likeness (QED) is 0.544. The van der Waals surface area contributed by atoms with Crippen molar-refractivity contribution in [1.29, 1.82) is 0 Å². The average Bonchev–Trinajstić information content (AvgIpc) is 3.22. The molecular weight excluding hydrogens is 420 g/mol. The van der Waals surface area contributed by atoms with Gasteiger partial charge in [0.2, 0.25) is 17.6 Å². The molecule has 2 aromatic carbocycles. The Bertz CT molecular complexity index is 1030. The number of para-hydroxylation sites is 1. The van der Waals surface area contributed by atoms with E-state index in [1.807, 2.05) is 48.7 Å². The van der Waals surface area contributed by atoms with Crippen LogP contribution < -0.4 is 5.32 Å². The van der Waals surface area contributed by atoms with E-state index in [9.17, 15) is 4.79 Å². The minimum atomic E-state index is -0.0698. The molecule has 0 spiro atoms. The fourth-order valence-corrected chi connectivity index (χ4v) is 4.43. The molecule has 1 aliphatic heterocycles. The van der Waals surface area contributed by atoms with Crippen LogP contribution in [0.2, 0.25) is 5.02 Å². The first kappa shape index (κ1) is 20.9. The van der Waals surface area contributed by atoms with Crippen molar-refractivity contribution in [1.82, 2.24) is 15.0 Å². The van der Waals surface area contributed by atoms with Gasteiger partial charge in [-0.2, -0.15) is 4.98 Å². The summed E-state index contributed by atoms with van der Waals surface area (Å²) in [5, 5.41) is 7.75. The molecule has 2 heterocycles. The van der Waals surface area contributed by atoms with Crippen molar-refractivity contribution < 1.29 is 9.32 Å². The van der Waals surface area contributed by atoms with Crippen LogP contribution in [0.25, 0.3) is 11.4 Å². The third kappa shape index (κ3) is 4.86. The van der Waals surface area contributed by atoms with Crippen molar-refractivity contribution in [3.63, 3.8) is 0 Å². The van der Waals surface area contributed by atoms with Crippen molar-refractivity contribution in [2.75, 3.05) is 24.7 Å². The number of hydrogen-bond acceptors (Lipinski definition) is 6. The first-order valence-electron chi connectivity index (χ1n) is 9.88. The van der Waals surface area contributed by atoms with Crippen LogP contribution in [-0.4, -0.2) is 40.3 Å². The number of thioether (sulfide) groups is 1. The van der Waals surface area contributed by atoms with Crippen LogP contribution in [0.5, 0.6) is 0 Å². The van der Waals surface area contributed by atoms with Crippen molar-refractivity contribution in [2.24, 2.45) is 5.92 Å². The van der Waals surface area contributed by atoms with E-state index in [0.29, 0.717) is 29.8 Å². The monoisotopic (exact) mass is 442 g/mol. The van der Waals surface area contributed by atoms with E-state index in [0.717, 1.165) is 35.5 Å². The van der Waals surface area contributed by atoms with Gasteiger partial charge in [-0.25, -0.2) is 0 Å². The number of rotatable bonds is 6. The Hall–Kier alpha value is -2.35. The predicted octanol–water partition coefficient (Wildman–Crippen LogP) is 4.96. The highest BCUT2D eigenvalue weighted by Crippen LogP contribution is 2.28. The van der Waals surface area contributed by atoms with Gasteiger partial charge in [0.1, 0.15) is 0 Å². The van der Waals surface area contributed by atoms with Crippen molar-refractivity contribution in [3.8, 4) is 11.4 Å². The minimum absolute atomic E-state index is 0.0588. The molecule has 1 fully saturated rings. The number of anilines is 1. The molecule has 1 aromatic heterocycles. The first-order valence-corrected chi connectivity index (χ1v) is 11.5. The van der Waals surface area contributed by atoms with Crippen LogP contribution in [0.15, 0.2) is 57.9 Å². The zero-order valence-corrected chi connectivity index (χ0v) is 18.2. The molecule has 30 heavy (non-hydrogen) atoms. The van der Waals surface area contributed by atoms with Gasteiger partial charge in [-0.1, -0.05) is 41.0 Å². The SMILES string of the molecule is CSc1ccccc1NC(=O)C1CCCN(Cc2nc(-c3ccccc3Cl)no2)C1. The van der Waals surface area contributed by atoms with Gasteiger partial charge in [0.25, 0.3) is 0 Å². The second-order valence-electron chi connectivity index (χ2n) is 7.26. The molecule has 4 rings (SSSR count). The van der Waals surface area contributed by atoms with Crippen molar-refractivity contribution in [2.45, 2.75) is 24.3 Å². The number of nitrogens with zero attached hydrogens (tertiary/aromatic N) is 3. The summed E-state index contributed by atoms with van der Waals surface area (Å²) in [6.45, 7) is 2.08. The molecule has 0 aliphatic carbocycles. The van der Waals surface area contributed by atoms with E-state index < -0.39 is 0 Å². The van der Waals surface area contributed by atoms with Crippen LogP contribution in [-0.2, 0) is 11.3 Å². The van der Waals surface area contributed by atoms with E-state index in [1.165, 1.54) is 0 Å². The lowest BCUT2D eigenvalue weighted by molar-refractivity contribution is -0.121. The molecule has 8 heteroatoms. The molecule has 1 N–H and O–H groups in total. The summed E-state index contributed by atoms with van der Waals surface area (Å²) in [5.74, 6) is 0.998. The number of hydrogen-bond donors (Lipinski definition) is 1. The normalized spacial score (nSPS) is 17.1. The lowest BCUT2D eigenvalue weighted by Crippen LogP contribution is -2.40. The number of carbonyl (C=O) groups excluding carboxylic acids is 1. The maximum Gasteiger partial charge on any atom is 0.241 e. The van der Waals surface area contributed by atoms with Crippen LogP contribution in [0, 0.1) is 5.92 Å². The third-order valence-corrected chi connectivity index (χ3v) is 6.31. The summed E-state index contributed by atoms with van der Waals surface area (Å²) in [5.41, 5.74) is 1.62. The predicted molar refractivity (Wildman–Crippen MR) is 120 cm³/mol. The number of aromatic nitrogens is 2. The Morgan fingerprint density at radius 1 is 1.27 bits per heavy atom. The second kappa shape index (κ2) is 9.64. The standard InChI is InChI=1S/C22H23ClN4O2S/c1-30-19-11-5-4-10-18(19)24-22(28)15-7-6-12-27(13-15)14-20-25-21(26-29-20)16-8-2-3-9-17(16)23/h2-5,8-11,15H,6-7,12-14H2,1H3,(H,24,28). The van der Waals surface area contributed by atoms with E-state index in [1.54, 1.807) is 17.8 Å². The molecule has 1 aliphatic rings. The average molecular weight is 443 g/mol. The molecule has 0 radical (unpaired) electrons. The minimum Gasteiger partial charge on any atom is -0.338 e. The lowest BCUT2D eigenvalue weighted by atomic mass is 9.97. The number of amides is 1. The largest absolute Gasteiger partial charge is 0.338 e. The Morgan fingerprint density at radius 2 is 2.07 bits per heavy atom. The highest BCUT2D eigenvalue weighted by Gasteiger charge is 2.27. The summed E-state index contributed by atoms with van der Waals surface area (Å²) in [6, 6.07) is 15.3. The van der Waals surface area contributed by atoms with Gasteiger partial charge < -0.3 is 9.84 Å². The number of halogens is 1. The topological polar surface area (TPSA) is 71.3 Å². The molecular formula is C22H23ClN4O2S. The number of benzene rings is 2. The molecule has 1 saturated heterocycles. The van der Waals surface area contributed by atoms with Gasteiger partial charge in [-0.3, -0.25) is 9.69 Å². The third-order valence-electron chi connectivity index (χ3n) is 5.18. The van der Waals surface area contributed by atoms with Gasteiger partial charge in [0.05, 0.1) is 23.2 Å². The molecule has 0 bridgehead atoms. The zero-order chi connectivity index (χ0) is 20.9. The van der Waals surface area contributed by atoms with Crippen LogP contribution in [0.4, 0.5) is 5.69 Å². The molecule has 1 amide bonds. The first-order chi connectivity index (χ1) is 14.6. The van der Waals surface area contributed by atoms with Gasteiger partial charge in [-0.15, -0.1) is 11.8 Å². The highest BCUT2D eigenvalue weighted by molar-refractivity contribution is 7.98. The number of piperidine rings is 1. The van der Waals surface area contributed by atoms with Gasteiger partial charge in [0.15, 0.2) is 0 Å². The summed E-state index contributed by atoms with van der Waals surface area (Å²) < 4.78 is 5.43. The highest BCUT2D eigenvalue weighted by atomic mass is 35.5. The molecule has 3 aromatic rings. The molecule has 156 valence electrons. The Kier molecular flexibility index (Phi) is 6.72. The smallest absolute Gasteiger partial charge is 0.241 e. The lowest BCUT2D eigenvalue weighted by Gasteiger charge is -2.31. The van der Waals surface area contributed by atoms with E-state index in [-0.39, 0.29) is 11.8 Å². The van der Waals surface area contributed by atoms with E-state index in [2.05, 4.69) is 20.4 Å². The maximum absolute atomic E-state index is 12.8. The summed E-state index contributed by atoms with van der Waals surface area (Å²) in [6.07, 6.45) is 3.83. The van der Waals surface area contributed by atoms with Crippen LogP contribution >= 0.6 is 23.4 Å². The molecule has 1 unspecified atom stereocenters. The van der Waals surface area contributed by atoms with E-state index >= 15 is 0 Å². The van der Waals surface area contributed by atoms with Crippen LogP contribution in [0.3, 0.4) is 0 Å². The summed E-state index contributed by atoms with van der Waals surface area (Å²) in [4.78, 5) is 20.6. The van der Waals surface area contributed by atoms with Gasteiger partial charge in [0, 0.05) is 17.0 Å². The van der Waals surface area contributed by atoms with Crippen molar-refractivity contribution in [3.05, 3.63) is 59.4 Å². The number of nitrogens with one attached hydrogen (secondary N) is 1. The summed E-state index contributed by atoms with van der Waals surface area (Å²) >= 11 is 7.85. The molecule has 6 nitrogen and oxygen atoms in total. The van der Waals surface area contributed by atoms with Gasteiger partial charge >= 0.3 is 0 Å². The number of carbonyl (C=O) groups is 1. The van der Waals surface area contributed by atoms with Crippen molar-refractivity contribution >= 4 is 35.0 Å². The fourth-order valence-electron chi connectivity index (χ4n) is 3.66. The molecule has 1 atom stereocenters. The van der Waals surface area contributed by atoms with E-state index in [4.69, 9.17) is 16.1 Å². The second-order valence-corrected chi connectivity index (χ2v) is 8.51. The summed E-state index contributed by atoms with van der Waals surface area (Å²) in [7, 11) is 0. The van der Waals surface area contributed by atoms with Crippen LogP contribution in [0.1, 0.15) is 18.7 Å². The molecule has 0 saturated carbocycles. The Morgan fingerprint density at radius 3 is 2.90 bits per heavy atom. The van der Waals surface area contributed by atoms with Gasteiger partial charge in [-0.05, 0) is 49.9 Å².